The number of anilines is 1. The van der Waals surface area contributed by atoms with E-state index in [1.54, 1.807) is 28.4 Å². The number of nitrogens with zero attached hydrogens (tertiary/aromatic N) is 3. The van der Waals surface area contributed by atoms with Gasteiger partial charge in [-0.05, 0) is 36.4 Å². The molecule has 5 rings (SSSR count). The van der Waals surface area contributed by atoms with Crippen molar-refractivity contribution >= 4 is 33.1 Å². The Kier molecular flexibility index (Phi) is 4.38. The summed E-state index contributed by atoms with van der Waals surface area (Å²) in [4.78, 5) is 17.6. The summed E-state index contributed by atoms with van der Waals surface area (Å²) in [6.07, 6.45) is 3.30. The van der Waals surface area contributed by atoms with Gasteiger partial charge in [0.1, 0.15) is 5.01 Å². The number of rotatable bonds is 4. The Morgan fingerprint density at radius 1 is 0.897 bits per heavy atom. The lowest BCUT2D eigenvalue weighted by atomic mass is 10.1. The minimum absolute atomic E-state index is 0.208. The van der Waals surface area contributed by atoms with Crippen LogP contribution >= 0.6 is 11.3 Å². The van der Waals surface area contributed by atoms with Crippen molar-refractivity contribution in [1.82, 2.24) is 14.8 Å². The van der Waals surface area contributed by atoms with Gasteiger partial charge in [-0.2, -0.15) is 5.10 Å². The van der Waals surface area contributed by atoms with Crippen molar-refractivity contribution in [3.8, 4) is 16.3 Å². The minimum atomic E-state index is -0.208. The average Bonchev–Trinajstić information content (AvgIpc) is 3.42. The largest absolute Gasteiger partial charge is 0.321 e. The standard InChI is InChI=1S/C23H16N4OS/c28-22(16-14-24-27(15-16)17-8-2-1-3-9-17)25-19-11-5-4-10-18(19)23-26-20-12-6-7-13-21(20)29-23/h1-15H,(H,25,28). The first-order valence-corrected chi connectivity index (χ1v) is 9.96. The number of aromatic nitrogens is 3. The summed E-state index contributed by atoms with van der Waals surface area (Å²) >= 11 is 1.61. The van der Waals surface area contributed by atoms with Gasteiger partial charge in [-0.3, -0.25) is 4.79 Å². The molecule has 0 radical (unpaired) electrons. The van der Waals surface area contributed by atoms with Crippen LogP contribution in [-0.2, 0) is 0 Å². The molecule has 1 N–H and O–H groups in total. The smallest absolute Gasteiger partial charge is 0.258 e. The molecule has 3 aromatic carbocycles. The highest BCUT2D eigenvalue weighted by Gasteiger charge is 2.15. The van der Waals surface area contributed by atoms with Gasteiger partial charge in [0, 0.05) is 11.8 Å². The maximum absolute atomic E-state index is 12.8. The van der Waals surface area contributed by atoms with E-state index in [-0.39, 0.29) is 5.91 Å². The monoisotopic (exact) mass is 396 g/mol. The SMILES string of the molecule is O=C(Nc1ccccc1-c1nc2ccccc2s1)c1cnn(-c2ccccc2)c1. The molecule has 0 unspecified atom stereocenters. The fourth-order valence-electron chi connectivity index (χ4n) is 3.12. The lowest BCUT2D eigenvalue weighted by Gasteiger charge is -2.08. The van der Waals surface area contributed by atoms with Crippen LogP contribution < -0.4 is 5.32 Å². The Balaban J connectivity index is 1.44. The number of amides is 1. The first-order valence-electron chi connectivity index (χ1n) is 9.14. The normalized spacial score (nSPS) is 10.9. The predicted octanol–water partition coefficient (Wildman–Crippen LogP) is 5.40. The quantitative estimate of drug-likeness (QED) is 0.442. The van der Waals surface area contributed by atoms with E-state index in [1.807, 2.05) is 72.8 Å². The summed E-state index contributed by atoms with van der Waals surface area (Å²) in [5, 5.41) is 8.19. The molecule has 1 amide bonds. The van der Waals surface area contributed by atoms with E-state index in [0.29, 0.717) is 5.56 Å². The molecule has 0 aliphatic rings. The number of para-hydroxylation sites is 3. The third-order valence-corrected chi connectivity index (χ3v) is 5.63. The van der Waals surface area contributed by atoms with Crippen molar-refractivity contribution in [2.24, 2.45) is 0 Å². The van der Waals surface area contributed by atoms with Crippen LogP contribution in [0, 0.1) is 0 Å². The number of carbonyl (C=O) groups excluding carboxylic acids is 1. The average molecular weight is 396 g/mol. The van der Waals surface area contributed by atoms with Crippen molar-refractivity contribution in [1.29, 1.82) is 0 Å². The number of nitrogens with one attached hydrogen (secondary N) is 1. The first-order chi connectivity index (χ1) is 14.3. The van der Waals surface area contributed by atoms with Crippen molar-refractivity contribution in [2.75, 3.05) is 5.32 Å². The molecule has 140 valence electrons. The molecule has 0 bridgehead atoms. The number of thiazole rings is 1. The van der Waals surface area contributed by atoms with Gasteiger partial charge in [-0.15, -0.1) is 11.3 Å². The third-order valence-electron chi connectivity index (χ3n) is 4.57. The predicted molar refractivity (Wildman–Crippen MR) is 117 cm³/mol. The van der Waals surface area contributed by atoms with Gasteiger partial charge in [0.05, 0.1) is 33.4 Å². The Labute approximate surface area is 171 Å². The molecule has 0 saturated carbocycles. The maximum Gasteiger partial charge on any atom is 0.258 e. The van der Waals surface area contributed by atoms with E-state index in [1.165, 1.54) is 0 Å². The molecule has 5 nitrogen and oxygen atoms in total. The molecule has 0 aliphatic carbocycles. The van der Waals surface area contributed by atoms with Crippen LogP contribution in [0.2, 0.25) is 0 Å². The Morgan fingerprint density at radius 3 is 2.52 bits per heavy atom. The summed E-state index contributed by atoms with van der Waals surface area (Å²) in [6.45, 7) is 0. The molecule has 0 fully saturated rings. The third kappa shape index (κ3) is 3.41. The Morgan fingerprint density at radius 2 is 1.66 bits per heavy atom. The van der Waals surface area contributed by atoms with E-state index in [4.69, 9.17) is 4.98 Å². The molecule has 6 heteroatoms. The number of benzene rings is 3. The van der Waals surface area contributed by atoms with E-state index in [9.17, 15) is 4.79 Å². The van der Waals surface area contributed by atoms with E-state index >= 15 is 0 Å². The fraction of sp³-hybridized carbons (Fsp3) is 0. The van der Waals surface area contributed by atoms with Crippen molar-refractivity contribution in [3.05, 3.63) is 96.8 Å². The van der Waals surface area contributed by atoms with Crippen LogP contribution in [0.3, 0.4) is 0 Å². The lowest BCUT2D eigenvalue weighted by molar-refractivity contribution is 0.102. The van der Waals surface area contributed by atoms with Gasteiger partial charge in [-0.1, -0.05) is 42.5 Å². The van der Waals surface area contributed by atoms with Crippen LogP contribution in [0.15, 0.2) is 91.3 Å². The summed E-state index contributed by atoms with van der Waals surface area (Å²) in [7, 11) is 0. The van der Waals surface area contributed by atoms with Crippen molar-refractivity contribution < 1.29 is 4.79 Å². The van der Waals surface area contributed by atoms with Gasteiger partial charge in [0.25, 0.3) is 5.91 Å². The van der Waals surface area contributed by atoms with E-state index < -0.39 is 0 Å². The molecule has 0 atom stereocenters. The van der Waals surface area contributed by atoms with Crippen molar-refractivity contribution in [3.63, 3.8) is 0 Å². The molecule has 0 saturated heterocycles. The molecule has 5 aromatic rings. The topological polar surface area (TPSA) is 59.8 Å². The molecule has 2 aromatic heterocycles. The number of carbonyl (C=O) groups is 1. The van der Waals surface area contributed by atoms with E-state index in [2.05, 4.69) is 16.5 Å². The molecule has 0 aliphatic heterocycles. The van der Waals surface area contributed by atoms with E-state index in [0.717, 1.165) is 32.2 Å². The number of hydrogen-bond donors (Lipinski definition) is 1. The summed E-state index contributed by atoms with van der Waals surface area (Å²) in [6, 6.07) is 25.4. The number of hydrogen-bond acceptors (Lipinski definition) is 4. The highest BCUT2D eigenvalue weighted by Crippen LogP contribution is 2.34. The maximum atomic E-state index is 12.8. The Hall–Kier alpha value is -3.77. The second-order valence-corrected chi connectivity index (χ2v) is 7.53. The zero-order valence-corrected chi connectivity index (χ0v) is 16.1. The highest BCUT2D eigenvalue weighted by atomic mass is 32.1. The lowest BCUT2D eigenvalue weighted by Crippen LogP contribution is -2.11. The van der Waals surface area contributed by atoms with Gasteiger partial charge in [0.2, 0.25) is 0 Å². The molecular weight excluding hydrogens is 380 g/mol. The van der Waals surface area contributed by atoms with Gasteiger partial charge < -0.3 is 5.32 Å². The van der Waals surface area contributed by atoms with Crippen LogP contribution in [0.25, 0.3) is 26.5 Å². The molecule has 29 heavy (non-hydrogen) atoms. The van der Waals surface area contributed by atoms with Crippen LogP contribution in [0.1, 0.15) is 10.4 Å². The van der Waals surface area contributed by atoms with Crippen LogP contribution in [0.4, 0.5) is 5.69 Å². The zero-order chi connectivity index (χ0) is 19.6. The van der Waals surface area contributed by atoms with Gasteiger partial charge >= 0.3 is 0 Å². The molecule has 0 spiro atoms. The summed E-state index contributed by atoms with van der Waals surface area (Å²) in [5.41, 5.74) is 3.98. The van der Waals surface area contributed by atoms with Gasteiger partial charge in [-0.25, -0.2) is 9.67 Å². The van der Waals surface area contributed by atoms with Crippen LogP contribution in [0.5, 0.6) is 0 Å². The highest BCUT2D eigenvalue weighted by molar-refractivity contribution is 7.21. The van der Waals surface area contributed by atoms with Gasteiger partial charge in [0.15, 0.2) is 0 Å². The minimum Gasteiger partial charge on any atom is -0.321 e. The second-order valence-electron chi connectivity index (χ2n) is 6.50. The fourth-order valence-corrected chi connectivity index (χ4v) is 4.13. The Bertz CT molecular complexity index is 1270. The van der Waals surface area contributed by atoms with Crippen molar-refractivity contribution in [2.45, 2.75) is 0 Å². The van der Waals surface area contributed by atoms with Crippen LogP contribution in [-0.4, -0.2) is 20.7 Å². The summed E-state index contributed by atoms with van der Waals surface area (Å²) in [5.74, 6) is -0.208. The molecule has 2 heterocycles. The number of fused-ring (bicyclic) bond motifs is 1. The zero-order valence-electron chi connectivity index (χ0n) is 15.3. The summed E-state index contributed by atoms with van der Waals surface area (Å²) < 4.78 is 2.81. The second kappa shape index (κ2) is 7.33. The first kappa shape index (κ1) is 17.3. The molecular formula is C23H16N4OS.